The van der Waals surface area contributed by atoms with E-state index in [9.17, 15) is 13.2 Å². The molecule has 8 heteroatoms. The normalized spacial score (nSPS) is 11.2. The molecule has 0 amide bonds. The Bertz CT molecular complexity index is 863. The maximum absolute atomic E-state index is 13.8. The lowest BCUT2D eigenvalue weighted by atomic mass is 10.1. The van der Waals surface area contributed by atoms with E-state index in [1.54, 1.807) is 12.1 Å². The molecule has 0 spiro atoms. The third-order valence-corrected chi connectivity index (χ3v) is 3.72. The molecule has 0 aliphatic heterocycles. The van der Waals surface area contributed by atoms with Crippen molar-refractivity contribution in [3.63, 3.8) is 0 Å². The molecule has 0 aliphatic carbocycles. The molecule has 0 atom stereocenters. The number of halogens is 3. The zero-order valence-corrected chi connectivity index (χ0v) is 14.9. The summed E-state index contributed by atoms with van der Waals surface area (Å²) in [5.74, 6) is -0.0177. The molecule has 0 radical (unpaired) electrons. The Morgan fingerprint density at radius 2 is 1.85 bits per heavy atom. The number of nitriles is 1. The minimum atomic E-state index is -2.92. The van der Waals surface area contributed by atoms with Gasteiger partial charge in [-0.1, -0.05) is 17.7 Å². The van der Waals surface area contributed by atoms with E-state index in [0.29, 0.717) is 22.6 Å². The largest absolute Gasteiger partial charge is 0.434 e. The highest BCUT2D eigenvalue weighted by atomic mass is 19.3. The Hall–Kier alpha value is -3.21. The SMILES string of the molecule is CN=C(NCc1cc(C#N)ccc1F)NCc1cc(C)ccc1OC(F)F. The molecule has 0 saturated carbocycles. The van der Waals surface area contributed by atoms with Crippen LogP contribution in [-0.4, -0.2) is 19.6 Å². The molecule has 0 unspecified atom stereocenters. The van der Waals surface area contributed by atoms with Crippen molar-refractivity contribution in [3.05, 3.63) is 64.5 Å². The van der Waals surface area contributed by atoms with Crippen LogP contribution in [0, 0.1) is 24.1 Å². The molecule has 2 aromatic carbocycles. The number of ether oxygens (including phenoxy) is 1. The van der Waals surface area contributed by atoms with Gasteiger partial charge in [-0.2, -0.15) is 14.0 Å². The fourth-order valence-electron chi connectivity index (χ4n) is 2.42. The predicted octanol–water partition coefficient (Wildman–Crippen LogP) is 3.47. The smallest absolute Gasteiger partial charge is 0.387 e. The molecule has 0 fully saturated rings. The fraction of sp³-hybridized carbons (Fsp3) is 0.263. The summed E-state index contributed by atoms with van der Waals surface area (Å²) in [4.78, 5) is 4.02. The highest BCUT2D eigenvalue weighted by Gasteiger charge is 2.11. The lowest BCUT2D eigenvalue weighted by Crippen LogP contribution is -2.36. The number of aryl methyl sites for hydroxylation is 1. The molecule has 0 saturated heterocycles. The Morgan fingerprint density at radius 1 is 1.15 bits per heavy atom. The van der Waals surface area contributed by atoms with Gasteiger partial charge in [0.2, 0.25) is 0 Å². The Morgan fingerprint density at radius 3 is 2.48 bits per heavy atom. The van der Waals surface area contributed by atoms with Gasteiger partial charge in [-0.3, -0.25) is 4.99 Å². The first-order valence-corrected chi connectivity index (χ1v) is 8.10. The maximum Gasteiger partial charge on any atom is 0.387 e. The Balaban J connectivity index is 2.03. The summed E-state index contributed by atoms with van der Waals surface area (Å²) >= 11 is 0. The van der Waals surface area contributed by atoms with Gasteiger partial charge in [0.15, 0.2) is 5.96 Å². The van der Waals surface area contributed by atoms with Crippen LogP contribution < -0.4 is 15.4 Å². The van der Waals surface area contributed by atoms with Crippen LogP contribution in [0.5, 0.6) is 5.75 Å². The molecule has 5 nitrogen and oxygen atoms in total. The molecule has 0 aromatic heterocycles. The molecule has 27 heavy (non-hydrogen) atoms. The number of guanidine groups is 1. The second-order valence-corrected chi connectivity index (χ2v) is 5.69. The number of aliphatic imine (C=N–C) groups is 1. The standard InChI is InChI=1S/C19H19F3N4O/c1-12-3-6-17(27-18(21)22)15(7-12)11-26-19(24-2)25-10-14-8-13(9-23)4-5-16(14)20/h3-8,18H,10-11H2,1-2H3,(H2,24,25,26). The predicted molar refractivity (Wildman–Crippen MR) is 96.0 cm³/mol. The molecule has 2 rings (SSSR count). The van der Waals surface area contributed by atoms with E-state index in [2.05, 4.69) is 20.4 Å². The van der Waals surface area contributed by atoms with Crippen molar-refractivity contribution < 1.29 is 17.9 Å². The molecule has 2 N–H and O–H groups in total. The number of hydrogen-bond donors (Lipinski definition) is 2. The maximum atomic E-state index is 13.8. The zero-order chi connectivity index (χ0) is 19.8. The third-order valence-electron chi connectivity index (χ3n) is 3.72. The average Bonchev–Trinajstić information content (AvgIpc) is 2.64. The van der Waals surface area contributed by atoms with Gasteiger partial charge in [0.05, 0.1) is 11.6 Å². The van der Waals surface area contributed by atoms with Crippen molar-refractivity contribution in [2.45, 2.75) is 26.6 Å². The number of nitrogens with one attached hydrogen (secondary N) is 2. The summed E-state index contributed by atoms with van der Waals surface area (Å²) in [7, 11) is 1.53. The Labute approximate surface area is 155 Å². The van der Waals surface area contributed by atoms with Gasteiger partial charge in [-0.15, -0.1) is 0 Å². The van der Waals surface area contributed by atoms with Crippen LogP contribution in [0.15, 0.2) is 41.4 Å². The van der Waals surface area contributed by atoms with E-state index in [1.807, 2.05) is 13.0 Å². The first kappa shape index (κ1) is 20.1. The summed E-state index contributed by atoms with van der Waals surface area (Å²) in [6.45, 7) is -0.785. The van der Waals surface area contributed by atoms with E-state index in [1.165, 1.54) is 31.3 Å². The van der Waals surface area contributed by atoms with Gasteiger partial charge in [0.1, 0.15) is 11.6 Å². The van der Waals surface area contributed by atoms with Crippen molar-refractivity contribution in [2.75, 3.05) is 7.05 Å². The summed E-state index contributed by atoms with van der Waals surface area (Å²) in [6, 6.07) is 10.9. The first-order valence-electron chi connectivity index (χ1n) is 8.10. The quantitative estimate of drug-likeness (QED) is 0.598. The van der Waals surface area contributed by atoms with Gasteiger partial charge in [0.25, 0.3) is 0 Å². The number of rotatable bonds is 6. The van der Waals surface area contributed by atoms with Crippen molar-refractivity contribution in [1.82, 2.24) is 10.6 Å². The highest BCUT2D eigenvalue weighted by molar-refractivity contribution is 5.79. The Kier molecular flexibility index (Phi) is 7.06. The summed E-state index contributed by atoms with van der Waals surface area (Å²) in [5, 5.41) is 14.8. The van der Waals surface area contributed by atoms with E-state index < -0.39 is 12.4 Å². The number of benzene rings is 2. The molecule has 2 aromatic rings. The minimum Gasteiger partial charge on any atom is -0.434 e. The van der Waals surface area contributed by atoms with Gasteiger partial charge >= 0.3 is 6.61 Å². The van der Waals surface area contributed by atoms with Gasteiger partial charge < -0.3 is 15.4 Å². The van der Waals surface area contributed by atoms with E-state index >= 15 is 0 Å². The van der Waals surface area contributed by atoms with E-state index in [4.69, 9.17) is 5.26 Å². The van der Waals surface area contributed by atoms with Gasteiger partial charge in [0, 0.05) is 31.3 Å². The van der Waals surface area contributed by atoms with Crippen LogP contribution in [-0.2, 0) is 13.1 Å². The second kappa shape index (κ2) is 9.48. The second-order valence-electron chi connectivity index (χ2n) is 5.69. The zero-order valence-electron chi connectivity index (χ0n) is 14.9. The molecule has 0 aliphatic rings. The van der Waals surface area contributed by atoms with Crippen LogP contribution in [0.1, 0.15) is 22.3 Å². The van der Waals surface area contributed by atoms with Crippen molar-refractivity contribution >= 4 is 5.96 Å². The fourth-order valence-corrected chi connectivity index (χ4v) is 2.42. The lowest BCUT2D eigenvalue weighted by Gasteiger charge is -2.15. The third kappa shape index (κ3) is 5.92. The minimum absolute atomic E-state index is 0.0753. The van der Waals surface area contributed by atoms with Crippen LogP contribution in [0.3, 0.4) is 0 Å². The summed E-state index contributed by atoms with van der Waals surface area (Å²) < 4.78 is 43.4. The summed E-state index contributed by atoms with van der Waals surface area (Å²) in [5.41, 5.74) is 2.10. The molecule has 0 heterocycles. The molecule has 142 valence electrons. The van der Waals surface area contributed by atoms with Crippen molar-refractivity contribution in [3.8, 4) is 11.8 Å². The number of nitrogens with zero attached hydrogens (tertiary/aromatic N) is 2. The topological polar surface area (TPSA) is 69.4 Å². The van der Waals surface area contributed by atoms with Crippen LogP contribution in [0.25, 0.3) is 0 Å². The van der Waals surface area contributed by atoms with Gasteiger partial charge in [-0.05, 0) is 31.2 Å². The first-order chi connectivity index (χ1) is 12.9. The highest BCUT2D eigenvalue weighted by Crippen LogP contribution is 2.22. The number of hydrogen-bond acceptors (Lipinski definition) is 3. The van der Waals surface area contributed by atoms with E-state index in [-0.39, 0.29) is 18.8 Å². The van der Waals surface area contributed by atoms with Gasteiger partial charge in [-0.25, -0.2) is 4.39 Å². The molecular formula is C19H19F3N4O. The monoisotopic (exact) mass is 376 g/mol. The van der Waals surface area contributed by atoms with E-state index in [0.717, 1.165) is 5.56 Å². The van der Waals surface area contributed by atoms with Crippen LogP contribution in [0.2, 0.25) is 0 Å². The van der Waals surface area contributed by atoms with Crippen LogP contribution >= 0.6 is 0 Å². The average molecular weight is 376 g/mol. The number of alkyl halides is 2. The summed E-state index contributed by atoms with van der Waals surface area (Å²) in [6.07, 6.45) is 0. The lowest BCUT2D eigenvalue weighted by molar-refractivity contribution is -0.0504. The molecule has 0 bridgehead atoms. The van der Waals surface area contributed by atoms with Crippen molar-refractivity contribution in [1.29, 1.82) is 5.26 Å². The van der Waals surface area contributed by atoms with Crippen LogP contribution in [0.4, 0.5) is 13.2 Å². The molecular weight excluding hydrogens is 357 g/mol. The van der Waals surface area contributed by atoms with Crippen molar-refractivity contribution in [2.24, 2.45) is 4.99 Å².